The monoisotopic (exact) mass is 375 g/mol. The van der Waals surface area contributed by atoms with Crippen LogP contribution in [0, 0.1) is 0 Å². The Morgan fingerprint density at radius 2 is 1.96 bits per heavy atom. The molecule has 0 spiro atoms. The molecule has 0 saturated carbocycles. The predicted octanol–water partition coefficient (Wildman–Crippen LogP) is 2.16. The van der Waals surface area contributed by atoms with Gasteiger partial charge in [0.25, 0.3) is 0 Å². The molecule has 148 valence electrons. The highest BCUT2D eigenvalue weighted by atomic mass is 19.3. The van der Waals surface area contributed by atoms with E-state index in [1.54, 1.807) is 20.8 Å². The number of hydrogen-bond donors (Lipinski definition) is 2. The highest BCUT2D eigenvalue weighted by Gasteiger charge is 2.59. The first-order valence-corrected chi connectivity index (χ1v) is 8.43. The van der Waals surface area contributed by atoms with Crippen LogP contribution in [0.25, 0.3) is 0 Å². The second kappa shape index (κ2) is 6.86. The molecule has 2 rings (SSSR count). The van der Waals surface area contributed by atoms with Crippen molar-refractivity contribution in [1.29, 1.82) is 0 Å². The summed E-state index contributed by atoms with van der Waals surface area (Å²) in [5.41, 5.74) is -1.81. The number of nitrogens with one attached hydrogen (secondary N) is 1. The van der Waals surface area contributed by atoms with Crippen molar-refractivity contribution in [1.82, 2.24) is 9.55 Å². The van der Waals surface area contributed by atoms with E-state index in [0.29, 0.717) is 4.57 Å². The van der Waals surface area contributed by atoms with Gasteiger partial charge in [-0.15, -0.1) is 0 Å². The van der Waals surface area contributed by atoms with Crippen molar-refractivity contribution in [3.8, 4) is 0 Å². The van der Waals surface area contributed by atoms with E-state index in [1.807, 2.05) is 20.8 Å². The van der Waals surface area contributed by atoms with Gasteiger partial charge in [-0.25, -0.2) is 4.79 Å². The largest absolute Gasteiger partial charge is 0.384 e. The number of alkyl halides is 2. The summed E-state index contributed by atoms with van der Waals surface area (Å²) in [6, 6.07) is 1.41. The minimum absolute atomic E-state index is 0.220. The van der Waals surface area contributed by atoms with Gasteiger partial charge in [-0.2, -0.15) is 13.8 Å². The van der Waals surface area contributed by atoms with Gasteiger partial charge in [0.05, 0.1) is 12.2 Å². The number of aromatic nitrogens is 2. The third kappa shape index (κ3) is 4.77. The van der Waals surface area contributed by atoms with Crippen LogP contribution in [-0.2, 0) is 9.47 Å². The number of ether oxygens (including phenoxy) is 2. The molecule has 0 radical (unpaired) electrons. The Morgan fingerprint density at radius 3 is 2.46 bits per heavy atom. The minimum Gasteiger partial charge on any atom is -0.384 e. The number of rotatable bonds is 4. The van der Waals surface area contributed by atoms with Crippen LogP contribution in [0.2, 0.25) is 0 Å². The summed E-state index contributed by atoms with van der Waals surface area (Å²) >= 11 is 0. The first-order valence-electron chi connectivity index (χ1n) is 8.43. The van der Waals surface area contributed by atoms with Crippen LogP contribution < -0.4 is 11.0 Å². The fourth-order valence-electron chi connectivity index (χ4n) is 2.48. The molecule has 1 aromatic rings. The fourth-order valence-corrected chi connectivity index (χ4v) is 2.48. The van der Waals surface area contributed by atoms with E-state index in [2.05, 4.69) is 10.3 Å². The van der Waals surface area contributed by atoms with Crippen molar-refractivity contribution in [2.45, 2.75) is 77.0 Å². The lowest BCUT2D eigenvalue weighted by atomic mass is 10.1. The Morgan fingerprint density at radius 1 is 1.35 bits per heavy atom. The first kappa shape index (κ1) is 20.7. The van der Waals surface area contributed by atoms with Crippen LogP contribution in [0.5, 0.6) is 0 Å². The number of aliphatic hydroxyl groups is 1. The molecule has 2 heterocycles. The molecule has 2 N–H and O–H groups in total. The number of hydrogen-bond acceptors (Lipinski definition) is 6. The van der Waals surface area contributed by atoms with Gasteiger partial charge in [0, 0.05) is 11.7 Å². The summed E-state index contributed by atoms with van der Waals surface area (Å²) in [5, 5.41) is 12.9. The highest BCUT2D eigenvalue weighted by Crippen LogP contribution is 2.42. The minimum atomic E-state index is -3.66. The molecule has 0 aliphatic carbocycles. The van der Waals surface area contributed by atoms with E-state index in [1.165, 1.54) is 12.3 Å². The Balaban J connectivity index is 2.23. The molecule has 1 aliphatic rings. The fraction of sp³-hybridized carbons (Fsp3) is 0.765. The quantitative estimate of drug-likeness (QED) is 0.839. The van der Waals surface area contributed by atoms with Crippen molar-refractivity contribution in [2.24, 2.45) is 0 Å². The molecule has 3 atom stereocenters. The lowest BCUT2D eigenvalue weighted by Crippen LogP contribution is -2.42. The summed E-state index contributed by atoms with van der Waals surface area (Å²) in [5.74, 6) is -3.38. The van der Waals surface area contributed by atoms with Crippen LogP contribution in [0.3, 0.4) is 0 Å². The summed E-state index contributed by atoms with van der Waals surface area (Å²) in [6.45, 7) is 10.7. The second-order valence-corrected chi connectivity index (χ2v) is 8.45. The van der Waals surface area contributed by atoms with Crippen molar-refractivity contribution in [3.63, 3.8) is 0 Å². The van der Waals surface area contributed by atoms with Gasteiger partial charge >= 0.3 is 11.6 Å². The normalized spacial score (nSPS) is 26.1. The van der Waals surface area contributed by atoms with Crippen LogP contribution in [-0.4, -0.2) is 50.5 Å². The van der Waals surface area contributed by atoms with Gasteiger partial charge in [-0.3, -0.25) is 4.57 Å². The Kier molecular flexibility index (Phi) is 5.47. The molecule has 26 heavy (non-hydrogen) atoms. The number of halogens is 2. The highest BCUT2D eigenvalue weighted by molar-refractivity contribution is 5.34. The summed E-state index contributed by atoms with van der Waals surface area (Å²) in [4.78, 5) is 16.0. The predicted molar refractivity (Wildman–Crippen MR) is 92.4 cm³/mol. The smallest absolute Gasteiger partial charge is 0.351 e. The van der Waals surface area contributed by atoms with E-state index in [-0.39, 0.29) is 18.0 Å². The van der Waals surface area contributed by atoms with Gasteiger partial charge in [-0.1, -0.05) is 0 Å². The van der Waals surface area contributed by atoms with E-state index in [9.17, 15) is 18.7 Å². The average Bonchev–Trinajstić information content (AvgIpc) is 2.66. The third-order valence-corrected chi connectivity index (χ3v) is 3.65. The lowest BCUT2D eigenvalue weighted by Gasteiger charge is -2.23. The molecular formula is C17H27F2N3O4. The van der Waals surface area contributed by atoms with Crippen molar-refractivity contribution in [2.75, 3.05) is 11.9 Å². The van der Waals surface area contributed by atoms with Gasteiger partial charge < -0.3 is 19.9 Å². The van der Waals surface area contributed by atoms with Crippen molar-refractivity contribution < 1.29 is 23.4 Å². The van der Waals surface area contributed by atoms with E-state index in [0.717, 1.165) is 0 Å². The molecule has 0 bridgehead atoms. The molecule has 1 aromatic heterocycles. The summed E-state index contributed by atoms with van der Waals surface area (Å²) in [7, 11) is 0. The maximum Gasteiger partial charge on any atom is 0.351 e. The second-order valence-electron chi connectivity index (χ2n) is 8.45. The maximum absolute atomic E-state index is 14.5. The molecule has 0 amide bonds. The summed E-state index contributed by atoms with van der Waals surface area (Å²) < 4.78 is 40.3. The zero-order chi connectivity index (χ0) is 19.9. The van der Waals surface area contributed by atoms with Gasteiger partial charge in [0.2, 0.25) is 6.23 Å². The molecule has 0 unspecified atom stereocenters. The SMILES string of the molecule is CC(C)(C)Nc1ccn([C@@H]2O[C@H](COC(C)(C)C)[C@H](O)C2(F)F)c(=O)n1. The zero-order valence-corrected chi connectivity index (χ0v) is 15.9. The standard InChI is InChI=1S/C17H27F2N3O4/c1-15(2,3)21-11-7-8-22(14(24)20-11)13-17(18,19)12(23)10(26-13)9-25-16(4,5)6/h7-8,10,12-13,23H,9H2,1-6H3,(H,20,21,24)/t10-,12+,13-/m1/s1. The van der Waals surface area contributed by atoms with Crippen LogP contribution in [0.4, 0.5) is 14.6 Å². The van der Waals surface area contributed by atoms with Gasteiger partial charge in [0.1, 0.15) is 11.9 Å². The molecule has 1 aliphatic heterocycles. The van der Waals surface area contributed by atoms with Gasteiger partial charge in [-0.05, 0) is 47.6 Å². The van der Waals surface area contributed by atoms with E-state index < -0.39 is 35.6 Å². The van der Waals surface area contributed by atoms with Crippen molar-refractivity contribution in [3.05, 3.63) is 22.7 Å². The van der Waals surface area contributed by atoms with E-state index in [4.69, 9.17) is 9.47 Å². The van der Waals surface area contributed by atoms with Gasteiger partial charge in [0.15, 0.2) is 6.10 Å². The lowest BCUT2D eigenvalue weighted by molar-refractivity contribution is -0.141. The molecule has 9 heteroatoms. The Bertz CT molecular complexity index is 694. The van der Waals surface area contributed by atoms with Crippen molar-refractivity contribution >= 4 is 5.82 Å². The number of anilines is 1. The van der Waals surface area contributed by atoms with Crippen LogP contribution in [0.1, 0.15) is 47.8 Å². The molecular weight excluding hydrogens is 348 g/mol. The molecule has 1 fully saturated rings. The van der Waals surface area contributed by atoms with E-state index >= 15 is 0 Å². The summed E-state index contributed by atoms with van der Waals surface area (Å²) in [6.07, 6.45) is -4.11. The average molecular weight is 375 g/mol. The van der Waals surface area contributed by atoms with Crippen LogP contribution in [0.15, 0.2) is 17.1 Å². The molecule has 0 aromatic carbocycles. The molecule has 1 saturated heterocycles. The topological polar surface area (TPSA) is 85.6 Å². The third-order valence-electron chi connectivity index (χ3n) is 3.65. The molecule has 7 nitrogen and oxygen atoms in total. The number of nitrogens with zero attached hydrogens (tertiary/aromatic N) is 2. The first-order chi connectivity index (χ1) is 11.7. The maximum atomic E-state index is 14.5. The number of aliphatic hydroxyl groups excluding tert-OH is 1. The zero-order valence-electron chi connectivity index (χ0n) is 15.9. The van der Waals surface area contributed by atoms with Crippen LogP contribution >= 0.6 is 0 Å². The Hall–Kier alpha value is -1.58. The Labute approximate surface area is 151 Å².